The first-order chi connectivity index (χ1) is 7.59. The Hall–Kier alpha value is -1.36. The zero-order chi connectivity index (χ0) is 12.0. The van der Waals surface area contributed by atoms with Crippen LogP contribution in [0.25, 0.3) is 0 Å². The molecule has 0 aliphatic carbocycles. The van der Waals surface area contributed by atoms with Crippen molar-refractivity contribution in [2.45, 2.75) is 13.3 Å². The van der Waals surface area contributed by atoms with Gasteiger partial charge < -0.3 is 15.8 Å². The Morgan fingerprint density at radius 3 is 2.81 bits per heavy atom. The molecule has 1 rings (SSSR count). The van der Waals surface area contributed by atoms with Crippen LogP contribution in [0.5, 0.6) is 0 Å². The molecule has 0 unspecified atom stereocenters. The van der Waals surface area contributed by atoms with E-state index in [4.69, 9.17) is 10.5 Å². The lowest BCUT2D eigenvalue weighted by atomic mass is 10.2. The van der Waals surface area contributed by atoms with E-state index in [9.17, 15) is 8.78 Å². The maximum atomic E-state index is 11.7. The van der Waals surface area contributed by atoms with Crippen LogP contribution in [0.3, 0.4) is 0 Å². The highest BCUT2D eigenvalue weighted by atomic mass is 19.3. The summed E-state index contributed by atoms with van der Waals surface area (Å²) in [5.74, 6) is 0. The highest BCUT2D eigenvalue weighted by molar-refractivity contribution is 5.57. The minimum atomic E-state index is -2.40. The van der Waals surface area contributed by atoms with Crippen LogP contribution in [0, 0.1) is 6.92 Å². The van der Waals surface area contributed by atoms with Crippen molar-refractivity contribution in [3.63, 3.8) is 0 Å². The molecule has 0 saturated carbocycles. The highest BCUT2D eigenvalue weighted by Gasteiger charge is 2.01. The van der Waals surface area contributed by atoms with Crippen LogP contribution >= 0.6 is 0 Å². The summed E-state index contributed by atoms with van der Waals surface area (Å²) in [6, 6.07) is 5.50. The molecule has 0 spiro atoms. The largest absolute Gasteiger partial charge is 0.399 e. The Labute approximate surface area is 93.6 Å². The van der Waals surface area contributed by atoms with E-state index >= 15 is 0 Å². The zero-order valence-electron chi connectivity index (χ0n) is 9.17. The van der Waals surface area contributed by atoms with E-state index in [2.05, 4.69) is 5.32 Å². The van der Waals surface area contributed by atoms with Crippen molar-refractivity contribution in [2.24, 2.45) is 0 Å². The topological polar surface area (TPSA) is 47.3 Å². The normalized spacial score (nSPS) is 10.8. The number of nitrogens with two attached hydrogens (primary N) is 1. The van der Waals surface area contributed by atoms with Crippen molar-refractivity contribution in [1.82, 2.24) is 0 Å². The maximum Gasteiger partial charge on any atom is 0.261 e. The molecular formula is C11H16F2N2O. The molecule has 0 aliphatic heterocycles. The minimum absolute atomic E-state index is 0.258. The molecule has 0 heterocycles. The molecule has 1 aromatic carbocycles. The number of nitrogen functional groups attached to an aromatic ring is 1. The smallest absolute Gasteiger partial charge is 0.261 e. The molecule has 0 bridgehead atoms. The van der Waals surface area contributed by atoms with Crippen LogP contribution in [0.1, 0.15) is 5.56 Å². The van der Waals surface area contributed by atoms with Crippen LogP contribution in [0.4, 0.5) is 20.2 Å². The van der Waals surface area contributed by atoms with Gasteiger partial charge in [-0.1, -0.05) is 0 Å². The second-order valence-corrected chi connectivity index (χ2v) is 3.47. The van der Waals surface area contributed by atoms with Crippen molar-refractivity contribution in [3.8, 4) is 0 Å². The van der Waals surface area contributed by atoms with Crippen molar-refractivity contribution in [1.29, 1.82) is 0 Å². The Kier molecular flexibility index (Phi) is 4.98. The van der Waals surface area contributed by atoms with Crippen molar-refractivity contribution >= 4 is 11.4 Å². The lowest BCUT2D eigenvalue weighted by Crippen LogP contribution is -2.13. The number of alkyl halides is 2. The van der Waals surface area contributed by atoms with Crippen LogP contribution in [-0.2, 0) is 4.74 Å². The standard InChI is InChI=1S/C11H16F2N2O/c1-8-6-9(14)2-3-10(8)15-4-5-16-7-11(12)13/h2-3,6,11,15H,4-5,7,14H2,1H3. The number of hydrogen-bond acceptors (Lipinski definition) is 3. The lowest BCUT2D eigenvalue weighted by molar-refractivity contribution is 0.0215. The fourth-order valence-electron chi connectivity index (χ4n) is 1.32. The van der Waals surface area contributed by atoms with Crippen molar-refractivity contribution in [2.75, 3.05) is 30.8 Å². The summed E-state index contributed by atoms with van der Waals surface area (Å²) in [7, 11) is 0. The maximum absolute atomic E-state index is 11.7. The van der Waals surface area contributed by atoms with Gasteiger partial charge in [0.25, 0.3) is 6.43 Å². The summed E-state index contributed by atoms with van der Waals surface area (Å²) < 4.78 is 28.2. The van der Waals surface area contributed by atoms with Crippen LogP contribution in [0.15, 0.2) is 18.2 Å². The van der Waals surface area contributed by atoms with Gasteiger partial charge in [-0.25, -0.2) is 8.78 Å². The summed E-state index contributed by atoms with van der Waals surface area (Å²) in [5.41, 5.74) is 8.27. The number of rotatable bonds is 6. The van der Waals surface area contributed by atoms with Gasteiger partial charge in [-0.05, 0) is 30.7 Å². The molecule has 5 heteroatoms. The van der Waals surface area contributed by atoms with E-state index < -0.39 is 13.0 Å². The number of nitrogens with one attached hydrogen (secondary N) is 1. The quantitative estimate of drug-likeness (QED) is 0.582. The number of hydrogen-bond donors (Lipinski definition) is 2. The summed E-state index contributed by atoms with van der Waals surface area (Å²) in [6.07, 6.45) is -2.40. The van der Waals surface area contributed by atoms with Gasteiger partial charge in [-0.3, -0.25) is 0 Å². The average molecular weight is 230 g/mol. The van der Waals surface area contributed by atoms with Gasteiger partial charge in [-0.15, -0.1) is 0 Å². The molecule has 16 heavy (non-hydrogen) atoms. The minimum Gasteiger partial charge on any atom is -0.399 e. The summed E-state index contributed by atoms with van der Waals surface area (Å²) in [5, 5.41) is 3.09. The van der Waals surface area contributed by atoms with Gasteiger partial charge >= 0.3 is 0 Å². The molecule has 0 aromatic heterocycles. The van der Waals surface area contributed by atoms with E-state index in [1.165, 1.54) is 0 Å². The number of benzene rings is 1. The third kappa shape index (κ3) is 4.44. The average Bonchev–Trinajstić information content (AvgIpc) is 2.20. The van der Waals surface area contributed by atoms with Gasteiger partial charge in [0.1, 0.15) is 6.61 Å². The van der Waals surface area contributed by atoms with Gasteiger partial charge in [0, 0.05) is 17.9 Å². The summed E-state index contributed by atoms with van der Waals surface area (Å²) in [4.78, 5) is 0. The molecule has 90 valence electrons. The van der Waals surface area contributed by atoms with Crippen LogP contribution < -0.4 is 11.1 Å². The first kappa shape index (κ1) is 12.7. The third-order valence-corrected chi connectivity index (χ3v) is 2.06. The Morgan fingerprint density at radius 1 is 1.44 bits per heavy atom. The predicted molar refractivity (Wildman–Crippen MR) is 60.9 cm³/mol. The number of halogens is 2. The van der Waals surface area contributed by atoms with Gasteiger partial charge in [0.15, 0.2) is 0 Å². The fourth-order valence-corrected chi connectivity index (χ4v) is 1.32. The second-order valence-electron chi connectivity index (χ2n) is 3.47. The summed E-state index contributed by atoms with van der Waals surface area (Å²) >= 11 is 0. The first-order valence-electron chi connectivity index (χ1n) is 5.05. The zero-order valence-corrected chi connectivity index (χ0v) is 9.17. The molecule has 0 aliphatic rings. The first-order valence-corrected chi connectivity index (χ1v) is 5.05. The Balaban J connectivity index is 2.27. The van der Waals surface area contributed by atoms with Gasteiger partial charge in [0.2, 0.25) is 0 Å². The Bertz CT molecular complexity index is 332. The molecule has 3 N–H and O–H groups in total. The molecule has 0 saturated heterocycles. The Morgan fingerprint density at radius 2 is 2.19 bits per heavy atom. The van der Waals surface area contributed by atoms with E-state index in [0.717, 1.165) is 11.3 Å². The van der Waals surface area contributed by atoms with Gasteiger partial charge in [-0.2, -0.15) is 0 Å². The molecule has 1 aromatic rings. The predicted octanol–water partition coefficient (Wildman–Crippen LogP) is 2.27. The van der Waals surface area contributed by atoms with E-state index in [-0.39, 0.29) is 6.61 Å². The molecule has 0 atom stereocenters. The van der Waals surface area contributed by atoms with Crippen molar-refractivity contribution < 1.29 is 13.5 Å². The van der Waals surface area contributed by atoms with Gasteiger partial charge in [0.05, 0.1) is 6.61 Å². The van der Waals surface area contributed by atoms with Crippen molar-refractivity contribution in [3.05, 3.63) is 23.8 Å². The number of aryl methyl sites for hydroxylation is 1. The number of ether oxygens (including phenoxy) is 1. The van der Waals surface area contributed by atoms with Crippen LogP contribution in [0.2, 0.25) is 0 Å². The lowest BCUT2D eigenvalue weighted by Gasteiger charge is -2.10. The van der Waals surface area contributed by atoms with Crippen LogP contribution in [-0.4, -0.2) is 26.2 Å². The third-order valence-electron chi connectivity index (χ3n) is 2.06. The monoisotopic (exact) mass is 230 g/mol. The van der Waals surface area contributed by atoms with E-state index in [1.54, 1.807) is 6.07 Å². The SMILES string of the molecule is Cc1cc(N)ccc1NCCOCC(F)F. The van der Waals surface area contributed by atoms with E-state index in [0.29, 0.717) is 12.2 Å². The highest BCUT2D eigenvalue weighted by Crippen LogP contribution is 2.16. The molecule has 0 fully saturated rings. The molecule has 0 radical (unpaired) electrons. The summed E-state index contributed by atoms with van der Waals surface area (Å²) in [6.45, 7) is 2.17. The van der Waals surface area contributed by atoms with E-state index in [1.807, 2.05) is 19.1 Å². The molecule has 0 amide bonds. The second kappa shape index (κ2) is 6.27. The molecule has 3 nitrogen and oxygen atoms in total. The fraction of sp³-hybridized carbons (Fsp3) is 0.455. The number of anilines is 2. The molecular weight excluding hydrogens is 214 g/mol.